The lowest BCUT2D eigenvalue weighted by Gasteiger charge is -2.39. The molecule has 2 nitrogen and oxygen atoms in total. The topological polar surface area (TPSA) is 18.5 Å². The van der Waals surface area contributed by atoms with Gasteiger partial charge in [0.05, 0.1) is 17.3 Å². The quantitative estimate of drug-likeness (QED) is 0.630. The Morgan fingerprint density at radius 3 is 2.47 bits per heavy atom. The van der Waals surface area contributed by atoms with Crippen molar-refractivity contribution >= 4 is 23.5 Å². The molecular formula is C13H18O2S2. The van der Waals surface area contributed by atoms with Crippen LogP contribution in [-0.2, 0) is 9.47 Å². The van der Waals surface area contributed by atoms with Gasteiger partial charge in [-0.1, -0.05) is 12.2 Å². The molecule has 2 spiro atoms. The molecule has 4 heteroatoms. The van der Waals surface area contributed by atoms with Gasteiger partial charge in [-0.25, -0.2) is 0 Å². The average molecular weight is 270 g/mol. The summed E-state index contributed by atoms with van der Waals surface area (Å²) in [6.07, 6.45) is 8.39. The highest BCUT2D eigenvalue weighted by atomic mass is 32.2. The fourth-order valence-electron chi connectivity index (χ4n) is 3.73. The number of hydrogen-bond acceptors (Lipinski definition) is 4. The van der Waals surface area contributed by atoms with Crippen LogP contribution in [0.2, 0.25) is 0 Å². The molecule has 0 amide bonds. The zero-order chi connectivity index (χ0) is 11.3. The summed E-state index contributed by atoms with van der Waals surface area (Å²) in [5.41, 5.74) is 0. The molecule has 0 aromatic heterocycles. The molecule has 17 heavy (non-hydrogen) atoms. The van der Waals surface area contributed by atoms with Crippen LogP contribution in [0.4, 0.5) is 0 Å². The van der Waals surface area contributed by atoms with Gasteiger partial charge < -0.3 is 9.47 Å². The van der Waals surface area contributed by atoms with Crippen molar-refractivity contribution in [2.75, 3.05) is 24.7 Å². The van der Waals surface area contributed by atoms with Crippen LogP contribution in [0, 0.1) is 11.8 Å². The Bertz CT molecular complexity index is 333. The first-order valence-corrected chi connectivity index (χ1v) is 8.54. The first kappa shape index (κ1) is 11.2. The minimum atomic E-state index is -0.265. The molecule has 3 fully saturated rings. The molecule has 0 unspecified atom stereocenters. The molecule has 5 aliphatic rings. The van der Waals surface area contributed by atoms with Crippen LogP contribution in [0.25, 0.3) is 0 Å². The minimum absolute atomic E-state index is 0.265. The second-order valence-corrected chi connectivity index (χ2v) is 8.47. The van der Waals surface area contributed by atoms with Crippen molar-refractivity contribution in [3.63, 3.8) is 0 Å². The number of rotatable bonds is 0. The predicted molar refractivity (Wildman–Crippen MR) is 72.3 cm³/mol. The molecule has 0 N–H and O–H groups in total. The summed E-state index contributed by atoms with van der Waals surface area (Å²) < 4.78 is 12.4. The van der Waals surface area contributed by atoms with Gasteiger partial charge in [-0.05, 0) is 12.8 Å². The summed E-state index contributed by atoms with van der Waals surface area (Å²) >= 11 is 4.37. The van der Waals surface area contributed by atoms with Crippen LogP contribution >= 0.6 is 23.5 Å². The van der Waals surface area contributed by atoms with Crippen LogP contribution in [0.15, 0.2) is 12.2 Å². The van der Waals surface area contributed by atoms with Crippen molar-refractivity contribution in [1.82, 2.24) is 0 Å². The Morgan fingerprint density at radius 2 is 1.71 bits per heavy atom. The van der Waals surface area contributed by atoms with Crippen molar-refractivity contribution in [3.8, 4) is 0 Å². The van der Waals surface area contributed by atoms with Crippen molar-refractivity contribution < 1.29 is 9.47 Å². The largest absolute Gasteiger partial charge is 0.347 e. The van der Waals surface area contributed by atoms with Crippen LogP contribution in [-0.4, -0.2) is 34.6 Å². The Labute approximate surface area is 111 Å². The molecule has 1 saturated carbocycles. The third kappa shape index (κ3) is 1.57. The van der Waals surface area contributed by atoms with Gasteiger partial charge in [0.25, 0.3) is 0 Å². The number of ether oxygens (including phenoxy) is 2. The number of hydrogen-bond donors (Lipinski definition) is 0. The average Bonchev–Trinajstić information content (AvgIpc) is 2.92. The van der Waals surface area contributed by atoms with Crippen LogP contribution < -0.4 is 0 Å². The number of thioether (sulfide) groups is 2. The highest BCUT2D eigenvalue weighted by molar-refractivity contribution is 8.21. The molecule has 5 rings (SSSR count). The summed E-state index contributed by atoms with van der Waals surface area (Å²) in [7, 11) is 0. The lowest BCUT2D eigenvalue weighted by molar-refractivity contribution is -0.187. The highest BCUT2D eigenvalue weighted by Gasteiger charge is 2.55. The lowest BCUT2D eigenvalue weighted by atomic mass is 9.87. The van der Waals surface area contributed by atoms with Gasteiger partial charge in [-0.15, -0.1) is 23.5 Å². The maximum atomic E-state index is 6.00. The summed E-state index contributed by atoms with van der Waals surface area (Å²) in [4.78, 5) is 0. The van der Waals surface area contributed by atoms with Crippen molar-refractivity contribution in [2.24, 2.45) is 11.8 Å². The SMILES string of the molecule is C1=C[C@@H]2CCC3(OCCO3)[C@H]1CC21SCCS1. The molecule has 0 aromatic carbocycles. The normalized spacial score (nSPS) is 41.4. The smallest absolute Gasteiger partial charge is 0.174 e. The van der Waals surface area contributed by atoms with E-state index < -0.39 is 0 Å². The van der Waals surface area contributed by atoms with Gasteiger partial charge in [0.15, 0.2) is 5.79 Å². The first-order chi connectivity index (χ1) is 8.33. The second-order valence-electron chi connectivity index (χ2n) is 5.36. The van der Waals surface area contributed by atoms with E-state index in [1.54, 1.807) is 0 Å². The number of allylic oxidation sites excluding steroid dienone is 1. The zero-order valence-corrected chi connectivity index (χ0v) is 11.5. The van der Waals surface area contributed by atoms with E-state index in [9.17, 15) is 0 Å². The highest BCUT2D eigenvalue weighted by Crippen LogP contribution is 2.61. The van der Waals surface area contributed by atoms with Crippen LogP contribution in [0.3, 0.4) is 0 Å². The Kier molecular flexibility index (Phi) is 2.59. The van der Waals surface area contributed by atoms with E-state index in [4.69, 9.17) is 9.47 Å². The predicted octanol–water partition coefficient (Wildman–Crippen LogP) is 2.89. The van der Waals surface area contributed by atoms with E-state index in [1.165, 1.54) is 24.3 Å². The lowest BCUT2D eigenvalue weighted by Crippen LogP contribution is -2.40. The zero-order valence-electron chi connectivity index (χ0n) is 9.89. The van der Waals surface area contributed by atoms with E-state index >= 15 is 0 Å². The van der Waals surface area contributed by atoms with Crippen LogP contribution in [0.1, 0.15) is 19.3 Å². The van der Waals surface area contributed by atoms with Gasteiger partial charge in [0.2, 0.25) is 0 Å². The Hall–Kier alpha value is 0.360. The fourth-order valence-corrected chi connectivity index (χ4v) is 7.34. The van der Waals surface area contributed by atoms with Gasteiger partial charge in [-0.3, -0.25) is 0 Å². The van der Waals surface area contributed by atoms with Crippen molar-refractivity contribution in [3.05, 3.63) is 12.2 Å². The molecule has 94 valence electrons. The summed E-state index contributed by atoms with van der Waals surface area (Å²) in [6.45, 7) is 1.56. The van der Waals surface area contributed by atoms with Gasteiger partial charge in [0.1, 0.15) is 0 Å². The van der Waals surface area contributed by atoms with Crippen molar-refractivity contribution in [1.29, 1.82) is 0 Å². The minimum Gasteiger partial charge on any atom is -0.347 e. The maximum absolute atomic E-state index is 6.00. The number of fused-ring (bicyclic) bond motifs is 1. The molecule has 2 saturated heterocycles. The maximum Gasteiger partial charge on any atom is 0.174 e. The first-order valence-electron chi connectivity index (χ1n) is 6.57. The van der Waals surface area contributed by atoms with Gasteiger partial charge in [0, 0.05) is 29.8 Å². The van der Waals surface area contributed by atoms with Gasteiger partial charge >= 0.3 is 0 Å². The van der Waals surface area contributed by atoms with E-state index in [2.05, 4.69) is 35.7 Å². The molecule has 0 aromatic rings. The third-order valence-corrected chi connectivity index (χ3v) is 8.26. The fraction of sp³-hybridized carbons (Fsp3) is 0.846. The summed E-state index contributed by atoms with van der Waals surface area (Å²) in [5, 5.41) is 0. The summed E-state index contributed by atoms with van der Waals surface area (Å²) in [6, 6.07) is 0. The van der Waals surface area contributed by atoms with Crippen LogP contribution in [0.5, 0.6) is 0 Å². The monoisotopic (exact) mass is 270 g/mol. The Morgan fingerprint density at radius 1 is 1.00 bits per heavy atom. The second kappa shape index (κ2) is 3.92. The molecule has 2 bridgehead atoms. The molecule has 0 radical (unpaired) electrons. The summed E-state index contributed by atoms with van der Waals surface area (Å²) in [5.74, 6) is 3.57. The van der Waals surface area contributed by atoms with Gasteiger partial charge in [-0.2, -0.15) is 0 Å². The molecule has 2 atom stereocenters. The van der Waals surface area contributed by atoms with Crippen molar-refractivity contribution in [2.45, 2.75) is 29.1 Å². The molecule has 2 heterocycles. The molecular weight excluding hydrogens is 252 g/mol. The van der Waals surface area contributed by atoms with E-state index in [1.807, 2.05) is 0 Å². The van der Waals surface area contributed by atoms with E-state index in [-0.39, 0.29) is 5.79 Å². The van der Waals surface area contributed by atoms with E-state index in [0.29, 0.717) is 10.00 Å². The molecule has 3 aliphatic carbocycles. The molecule has 2 aliphatic heterocycles. The standard InChI is InChI=1S/C13H18O2S2/c1-2-11-9-13(16-7-8-17-13)10(1)3-4-12(11)14-5-6-15-12/h1-2,10-11H,3-9H2/t10-,11-/m1/s1. The van der Waals surface area contributed by atoms with E-state index in [0.717, 1.165) is 25.6 Å². The third-order valence-electron chi connectivity index (χ3n) is 4.57. The Balaban J connectivity index is 1.70.